The number of hydrogen-bond donors (Lipinski definition) is 1. The van der Waals surface area contributed by atoms with Crippen molar-refractivity contribution in [1.29, 1.82) is 0 Å². The number of benzene rings is 2. The molecule has 2 aromatic heterocycles. The van der Waals surface area contributed by atoms with Crippen molar-refractivity contribution in [2.75, 3.05) is 23.3 Å². The molecule has 0 saturated carbocycles. The summed E-state index contributed by atoms with van der Waals surface area (Å²) in [7, 11) is 0. The van der Waals surface area contributed by atoms with Crippen molar-refractivity contribution in [1.82, 2.24) is 15.0 Å². The number of anilines is 3. The van der Waals surface area contributed by atoms with Crippen molar-refractivity contribution >= 4 is 39.9 Å². The minimum absolute atomic E-state index is 0.328. The van der Waals surface area contributed by atoms with Gasteiger partial charge in [-0.25, -0.2) is 19.7 Å². The molecule has 2 heterocycles. The lowest BCUT2D eigenvalue weighted by Crippen LogP contribution is -2.22. The molecule has 8 heteroatoms. The van der Waals surface area contributed by atoms with Gasteiger partial charge in [0.2, 0.25) is 5.95 Å². The molecule has 1 N–H and O–H groups in total. The first-order valence-electron chi connectivity index (χ1n) is 9.61. The first kappa shape index (κ1) is 19.8. The monoisotopic (exact) mass is 421 g/mol. The predicted octanol–water partition coefficient (Wildman–Crippen LogP) is 4.89. The number of rotatable bonds is 6. The Balaban J connectivity index is 1.95. The molecule has 0 fully saturated rings. The highest BCUT2D eigenvalue weighted by atomic mass is 35.5. The van der Waals surface area contributed by atoms with Crippen molar-refractivity contribution in [3.63, 3.8) is 0 Å². The summed E-state index contributed by atoms with van der Waals surface area (Å²) in [6.07, 6.45) is 2.77. The van der Waals surface area contributed by atoms with E-state index in [0.717, 1.165) is 24.2 Å². The molecule has 0 amide bonds. The molecule has 0 unspecified atom stereocenters. The summed E-state index contributed by atoms with van der Waals surface area (Å²) < 4.78 is 5.56. The fourth-order valence-electron chi connectivity index (χ4n) is 3.37. The highest BCUT2D eigenvalue weighted by Crippen LogP contribution is 2.39. The van der Waals surface area contributed by atoms with Crippen LogP contribution in [0.1, 0.15) is 13.8 Å². The molecule has 0 bridgehead atoms. The Morgan fingerprint density at radius 1 is 1.03 bits per heavy atom. The van der Waals surface area contributed by atoms with Gasteiger partial charge in [0.15, 0.2) is 0 Å². The number of nitrogens with one attached hydrogen (secondary N) is 1. The molecular formula is C22H20ClN5O2. The molecule has 30 heavy (non-hydrogen) atoms. The molecular weight excluding hydrogens is 402 g/mol. The lowest BCUT2D eigenvalue weighted by Gasteiger charge is -2.23. The SMILES string of the molecule is CCN(CC)c1cc(Cl)c(Nc2ncncn2)c(-c2cc3ccccc3oc2=O)c1. The van der Waals surface area contributed by atoms with Gasteiger partial charge in [-0.05, 0) is 38.1 Å². The highest BCUT2D eigenvalue weighted by molar-refractivity contribution is 6.34. The largest absolute Gasteiger partial charge is 0.422 e. The van der Waals surface area contributed by atoms with Crippen LogP contribution < -0.4 is 15.8 Å². The minimum Gasteiger partial charge on any atom is -0.422 e. The van der Waals surface area contributed by atoms with Crippen LogP contribution in [0, 0.1) is 0 Å². The van der Waals surface area contributed by atoms with E-state index >= 15 is 0 Å². The summed E-state index contributed by atoms with van der Waals surface area (Å²) in [6, 6.07) is 13.0. The Kier molecular flexibility index (Phi) is 5.63. The van der Waals surface area contributed by atoms with Gasteiger partial charge >= 0.3 is 5.63 Å². The van der Waals surface area contributed by atoms with E-state index in [4.69, 9.17) is 16.0 Å². The van der Waals surface area contributed by atoms with E-state index in [9.17, 15) is 4.79 Å². The Bertz CT molecular complexity index is 1240. The van der Waals surface area contributed by atoms with Gasteiger partial charge in [0.1, 0.15) is 18.2 Å². The van der Waals surface area contributed by atoms with Crippen LogP contribution >= 0.6 is 11.6 Å². The third-order valence-electron chi connectivity index (χ3n) is 4.87. The van der Waals surface area contributed by atoms with E-state index < -0.39 is 5.63 Å². The van der Waals surface area contributed by atoms with Gasteiger partial charge in [0.25, 0.3) is 0 Å². The van der Waals surface area contributed by atoms with E-state index in [1.807, 2.05) is 36.4 Å². The molecule has 0 atom stereocenters. The van der Waals surface area contributed by atoms with E-state index in [2.05, 4.69) is 39.0 Å². The Labute approximate surface area is 178 Å². The maximum atomic E-state index is 12.9. The molecule has 0 spiro atoms. The summed E-state index contributed by atoms with van der Waals surface area (Å²) in [5.74, 6) is 0.328. The molecule has 0 aliphatic carbocycles. The lowest BCUT2D eigenvalue weighted by molar-refractivity contribution is 0.563. The fraction of sp³-hybridized carbons (Fsp3) is 0.182. The zero-order valence-corrected chi connectivity index (χ0v) is 17.3. The molecule has 0 saturated heterocycles. The van der Waals surface area contributed by atoms with E-state index in [-0.39, 0.29) is 0 Å². The Hall–Kier alpha value is -3.45. The summed E-state index contributed by atoms with van der Waals surface area (Å²) in [6.45, 7) is 5.74. The van der Waals surface area contributed by atoms with Crippen molar-refractivity contribution < 1.29 is 4.42 Å². The smallest absolute Gasteiger partial charge is 0.344 e. The van der Waals surface area contributed by atoms with Crippen molar-refractivity contribution in [3.05, 3.63) is 70.6 Å². The van der Waals surface area contributed by atoms with Crippen LogP contribution in [-0.4, -0.2) is 28.0 Å². The quantitative estimate of drug-likeness (QED) is 0.444. The molecule has 7 nitrogen and oxygen atoms in total. The first-order valence-corrected chi connectivity index (χ1v) is 9.99. The van der Waals surface area contributed by atoms with Crippen LogP contribution in [0.3, 0.4) is 0 Å². The van der Waals surface area contributed by atoms with Crippen LogP contribution in [0.2, 0.25) is 5.02 Å². The van der Waals surface area contributed by atoms with Gasteiger partial charge in [-0.3, -0.25) is 0 Å². The number of fused-ring (bicyclic) bond motifs is 1. The summed E-state index contributed by atoms with van der Waals surface area (Å²) in [5.41, 5.74) is 2.55. The Morgan fingerprint density at radius 2 is 1.77 bits per heavy atom. The van der Waals surface area contributed by atoms with Crippen molar-refractivity contribution in [2.45, 2.75) is 13.8 Å². The van der Waals surface area contributed by atoms with Crippen LogP contribution in [-0.2, 0) is 0 Å². The Morgan fingerprint density at radius 3 is 2.50 bits per heavy atom. The van der Waals surface area contributed by atoms with Crippen LogP contribution in [0.25, 0.3) is 22.1 Å². The second-order valence-electron chi connectivity index (χ2n) is 6.59. The van der Waals surface area contributed by atoms with Crippen LogP contribution in [0.15, 0.2) is 64.3 Å². The molecule has 0 radical (unpaired) electrons. The second-order valence-corrected chi connectivity index (χ2v) is 7.00. The minimum atomic E-state index is -0.444. The number of hydrogen-bond acceptors (Lipinski definition) is 7. The zero-order valence-electron chi connectivity index (χ0n) is 16.6. The number of halogens is 1. The standard InChI is InChI=1S/C22H20ClN5O2/c1-3-28(4-2)15-10-16(17-9-14-7-5-6-8-19(14)30-21(17)29)20(18(23)11-15)27-22-25-12-24-13-26-22/h5-13H,3-4H2,1-2H3,(H,24,25,26,27). The number of nitrogens with zero attached hydrogens (tertiary/aromatic N) is 4. The van der Waals surface area contributed by atoms with Crippen LogP contribution in [0.5, 0.6) is 0 Å². The molecule has 0 aliphatic heterocycles. The third-order valence-corrected chi connectivity index (χ3v) is 5.16. The maximum absolute atomic E-state index is 12.9. The highest BCUT2D eigenvalue weighted by Gasteiger charge is 2.18. The lowest BCUT2D eigenvalue weighted by atomic mass is 10.0. The van der Waals surface area contributed by atoms with Gasteiger partial charge in [-0.2, -0.15) is 0 Å². The van der Waals surface area contributed by atoms with Crippen LogP contribution in [0.4, 0.5) is 17.3 Å². The summed E-state index contributed by atoms with van der Waals surface area (Å²) in [4.78, 5) is 27.1. The topological polar surface area (TPSA) is 84.2 Å². The van der Waals surface area contributed by atoms with Gasteiger partial charge < -0.3 is 14.6 Å². The zero-order chi connectivity index (χ0) is 21.1. The average Bonchev–Trinajstić information content (AvgIpc) is 2.76. The van der Waals surface area contributed by atoms with Crippen molar-refractivity contribution in [3.8, 4) is 11.1 Å². The van der Waals surface area contributed by atoms with Crippen molar-refractivity contribution in [2.24, 2.45) is 0 Å². The summed E-state index contributed by atoms with van der Waals surface area (Å²) in [5, 5.41) is 4.39. The first-order chi connectivity index (χ1) is 14.6. The van der Waals surface area contributed by atoms with E-state index in [0.29, 0.717) is 33.4 Å². The molecule has 0 aliphatic rings. The summed E-state index contributed by atoms with van der Waals surface area (Å²) >= 11 is 6.67. The average molecular weight is 422 g/mol. The molecule has 152 valence electrons. The third kappa shape index (κ3) is 3.84. The number of para-hydroxylation sites is 1. The fourth-order valence-corrected chi connectivity index (χ4v) is 3.63. The van der Waals surface area contributed by atoms with E-state index in [1.165, 1.54) is 12.7 Å². The maximum Gasteiger partial charge on any atom is 0.344 e. The number of aromatic nitrogens is 3. The molecule has 4 rings (SSSR count). The molecule has 4 aromatic rings. The van der Waals surface area contributed by atoms with Gasteiger partial charge in [-0.1, -0.05) is 29.8 Å². The molecule has 2 aromatic carbocycles. The predicted molar refractivity (Wildman–Crippen MR) is 120 cm³/mol. The van der Waals surface area contributed by atoms with E-state index in [1.54, 1.807) is 6.07 Å². The normalized spacial score (nSPS) is 10.9. The van der Waals surface area contributed by atoms with Gasteiger partial charge in [0.05, 0.1) is 16.3 Å². The van der Waals surface area contributed by atoms with Gasteiger partial charge in [0, 0.05) is 29.7 Å². The van der Waals surface area contributed by atoms with Gasteiger partial charge in [-0.15, -0.1) is 0 Å². The second kappa shape index (κ2) is 8.51.